The third-order valence-electron chi connectivity index (χ3n) is 4.34. The number of likely N-dealkylation sites (tertiary alicyclic amines) is 1. The van der Waals surface area contributed by atoms with Crippen LogP contribution in [0.15, 0.2) is 24.3 Å². The average Bonchev–Trinajstić information content (AvgIpc) is 2.52. The standard InChI is InChI=1S/C18H27NO4/c1-17(2,22)9-7-14-5-3-6-15(11-14)16(21)19-10-4-8-18(23,12-19)13-20/h3,5-6,11,20,22-23H,4,7-10,12-13H2,1-2H3/t18-/m0/s1. The second-order valence-electron chi connectivity index (χ2n) is 7.23. The maximum Gasteiger partial charge on any atom is 0.253 e. The van der Waals surface area contributed by atoms with Crippen molar-refractivity contribution in [2.24, 2.45) is 0 Å². The lowest BCUT2D eigenvalue weighted by atomic mass is 9.93. The van der Waals surface area contributed by atoms with Crippen molar-refractivity contribution in [2.75, 3.05) is 19.7 Å². The summed E-state index contributed by atoms with van der Waals surface area (Å²) in [5.74, 6) is -0.123. The van der Waals surface area contributed by atoms with Gasteiger partial charge in [0.05, 0.1) is 18.8 Å². The molecule has 0 spiro atoms. The number of carbonyl (C=O) groups is 1. The first-order valence-corrected chi connectivity index (χ1v) is 8.16. The lowest BCUT2D eigenvalue weighted by Crippen LogP contribution is -2.52. The summed E-state index contributed by atoms with van der Waals surface area (Å²) in [5, 5.41) is 29.3. The Hall–Kier alpha value is -1.43. The molecule has 1 fully saturated rings. The molecule has 0 aromatic heterocycles. The van der Waals surface area contributed by atoms with Crippen molar-refractivity contribution in [3.8, 4) is 0 Å². The Labute approximate surface area is 137 Å². The molecule has 0 saturated carbocycles. The molecule has 1 amide bonds. The van der Waals surface area contributed by atoms with Gasteiger partial charge in [0.25, 0.3) is 5.91 Å². The van der Waals surface area contributed by atoms with Gasteiger partial charge < -0.3 is 20.2 Å². The van der Waals surface area contributed by atoms with E-state index >= 15 is 0 Å². The van der Waals surface area contributed by atoms with Gasteiger partial charge in [0.1, 0.15) is 5.60 Å². The summed E-state index contributed by atoms with van der Waals surface area (Å²) in [6.45, 7) is 3.96. The number of aliphatic hydroxyl groups is 3. The molecule has 2 rings (SSSR count). The highest BCUT2D eigenvalue weighted by Crippen LogP contribution is 2.23. The summed E-state index contributed by atoms with van der Waals surface area (Å²) in [5.41, 5.74) is -0.329. The van der Waals surface area contributed by atoms with Crippen LogP contribution in [-0.4, -0.2) is 57.0 Å². The van der Waals surface area contributed by atoms with Gasteiger partial charge in [-0.15, -0.1) is 0 Å². The van der Waals surface area contributed by atoms with Crippen LogP contribution in [0.1, 0.15) is 49.0 Å². The molecule has 128 valence electrons. The van der Waals surface area contributed by atoms with Crippen LogP contribution in [0.2, 0.25) is 0 Å². The van der Waals surface area contributed by atoms with E-state index < -0.39 is 11.2 Å². The Bertz CT molecular complexity index is 552. The van der Waals surface area contributed by atoms with Crippen molar-refractivity contribution in [1.29, 1.82) is 0 Å². The fraction of sp³-hybridized carbons (Fsp3) is 0.611. The SMILES string of the molecule is CC(C)(O)CCc1cccc(C(=O)N2CCC[C@@](O)(CO)C2)c1. The molecule has 1 aliphatic rings. The molecule has 5 nitrogen and oxygen atoms in total. The Morgan fingerprint density at radius 2 is 2.13 bits per heavy atom. The van der Waals surface area contributed by atoms with Crippen LogP contribution >= 0.6 is 0 Å². The number of nitrogens with zero attached hydrogens (tertiary/aromatic N) is 1. The van der Waals surface area contributed by atoms with Crippen LogP contribution in [0.5, 0.6) is 0 Å². The van der Waals surface area contributed by atoms with E-state index in [2.05, 4.69) is 0 Å². The maximum absolute atomic E-state index is 12.6. The summed E-state index contributed by atoms with van der Waals surface area (Å²) in [7, 11) is 0. The van der Waals surface area contributed by atoms with Gasteiger partial charge in [-0.25, -0.2) is 0 Å². The van der Waals surface area contributed by atoms with Gasteiger partial charge in [-0.1, -0.05) is 12.1 Å². The summed E-state index contributed by atoms with van der Waals surface area (Å²) in [6.07, 6.45) is 2.52. The third kappa shape index (κ3) is 5.03. The first kappa shape index (κ1) is 17.9. The van der Waals surface area contributed by atoms with Crippen LogP contribution in [0, 0.1) is 0 Å². The summed E-state index contributed by atoms with van der Waals surface area (Å²) in [6, 6.07) is 7.40. The maximum atomic E-state index is 12.6. The van der Waals surface area contributed by atoms with E-state index in [1.807, 2.05) is 18.2 Å². The minimum atomic E-state index is -1.19. The van der Waals surface area contributed by atoms with Gasteiger partial charge in [0.2, 0.25) is 0 Å². The molecule has 0 unspecified atom stereocenters. The van der Waals surface area contributed by atoms with Gasteiger partial charge >= 0.3 is 0 Å². The van der Waals surface area contributed by atoms with Gasteiger partial charge in [0, 0.05) is 12.1 Å². The van der Waals surface area contributed by atoms with Crippen LogP contribution in [-0.2, 0) is 6.42 Å². The van der Waals surface area contributed by atoms with Crippen LogP contribution < -0.4 is 0 Å². The molecule has 1 atom stereocenters. The van der Waals surface area contributed by atoms with E-state index in [4.69, 9.17) is 0 Å². The van der Waals surface area contributed by atoms with E-state index in [1.165, 1.54) is 0 Å². The highest BCUT2D eigenvalue weighted by molar-refractivity contribution is 5.94. The van der Waals surface area contributed by atoms with Gasteiger partial charge in [0.15, 0.2) is 0 Å². The summed E-state index contributed by atoms with van der Waals surface area (Å²) >= 11 is 0. The summed E-state index contributed by atoms with van der Waals surface area (Å²) in [4.78, 5) is 14.2. The van der Waals surface area contributed by atoms with Crippen LogP contribution in [0.3, 0.4) is 0 Å². The zero-order valence-corrected chi connectivity index (χ0v) is 14.0. The second kappa shape index (κ2) is 6.99. The smallest absolute Gasteiger partial charge is 0.253 e. The predicted molar refractivity (Wildman–Crippen MR) is 88.2 cm³/mol. The molecule has 5 heteroatoms. The monoisotopic (exact) mass is 321 g/mol. The minimum Gasteiger partial charge on any atom is -0.393 e. The molecule has 0 aliphatic carbocycles. The normalized spacial score (nSPS) is 22.2. The number of aliphatic hydroxyl groups excluding tert-OH is 1. The minimum absolute atomic E-state index is 0.123. The number of aryl methyl sites for hydroxylation is 1. The van der Waals surface area contributed by atoms with E-state index in [9.17, 15) is 20.1 Å². The quantitative estimate of drug-likeness (QED) is 0.765. The fourth-order valence-corrected chi connectivity index (χ4v) is 2.91. The highest BCUT2D eigenvalue weighted by atomic mass is 16.3. The third-order valence-corrected chi connectivity index (χ3v) is 4.34. The van der Waals surface area contributed by atoms with Gasteiger partial charge in [-0.2, -0.15) is 0 Å². The predicted octanol–water partition coefficient (Wildman–Crippen LogP) is 1.35. The molecule has 0 bridgehead atoms. The molecule has 1 aromatic carbocycles. The molecule has 1 saturated heterocycles. The molecule has 0 radical (unpaired) electrons. The fourth-order valence-electron chi connectivity index (χ4n) is 2.91. The highest BCUT2D eigenvalue weighted by Gasteiger charge is 2.34. The van der Waals surface area contributed by atoms with Gasteiger partial charge in [-0.05, 0) is 57.2 Å². The second-order valence-corrected chi connectivity index (χ2v) is 7.23. The van der Waals surface area contributed by atoms with Crippen molar-refractivity contribution in [3.05, 3.63) is 35.4 Å². The van der Waals surface area contributed by atoms with Crippen molar-refractivity contribution in [2.45, 2.75) is 50.7 Å². The van der Waals surface area contributed by atoms with Crippen LogP contribution in [0.4, 0.5) is 0 Å². The average molecular weight is 321 g/mol. The number of piperidine rings is 1. The zero-order chi connectivity index (χ0) is 17.1. The molecule has 23 heavy (non-hydrogen) atoms. The van der Waals surface area contributed by atoms with Crippen molar-refractivity contribution in [3.63, 3.8) is 0 Å². The van der Waals surface area contributed by atoms with E-state index in [0.29, 0.717) is 37.8 Å². The number of amides is 1. The number of benzene rings is 1. The Balaban J connectivity index is 2.07. The largest absolute Gasteiger partial charge is 0.393 e. The van der Waals surface area contributed by atoms with E-state index in [-0.39, 0.29) is 19.1 Å². The van der Waals surface area contributed by atoms with E-state index in [1.54, 1.807) is 24.8 Å². The first-order chi connectivity index (χ1) is 10.7. The topological polar surface area (TPSA) is 81.0 Å². The Morgan fingerprint density at radius 1 is 1.39 bits per heavy atom. The lowest BCUT2D eigenvalue weighted by molar-refractivity contribution is -0.0598. The molecular formula is C18H27NO4. The van der Waals surface area contributed by atoms with Crippen molar-refractivity contribution in [1.82, 2.24) is 4.90 Å². The Morgan fingerprint density at radius 3 is 2.78 bits per heavy atom. The number of rotatable bonds is 5. The first-order valence-electron chi connectivity index (χ1n) is 8.16. The molecule has 1 aromatic rings. The number of hydrogen-bond donors (Lipinski definition) is 3. The van der Waals surface area contributed by atoms with Crippen LogP contribution in [0.25, 0.3) is 0 Å². The summed E-state index contributed by atoms with van der Waals surface area (Å²) < 4.78 is 0. The number of hydrogen-bond acceptors (Lipinski definition) is 4. The van der Waals surface area contributed by atoms with Crippen molar-refractivity contribution >= 4 is 5.91 Å². The molecule has 1 aliphatic heterocycles. The van der Waals surface area contributed by atoms with Gasteiger partial charge in [-0.3, -0.25) is 4.79 Å². The molecule has 3 N–H and O–H groups in total. The number of β-amino-alcohol motifs (C(OH)–C–C–N with tert-alkyl or cyclic N) is 1. The lowest BCUT2D eigenvalue weighted by Gasteiger charge is -2.38. The molecular weight excluding hydrogens is 294 g/mol. The van der Waals surface area contributed by atoms with Crippen molar-refractivity contribution < 1.29 is 20.1 Å². The molecule has 1 heterocycles. The number of carbonyl (C=O) groups excluding carboxylic acids is 1. The zero-order valence-electron chi connectivity index (χ0n) is 14.0. The van der Waals surface area contributed by atoms with E-state index in [0.717, 1.165) is 5.56 Å². The Kier molecular flexibility index (Phi) is 5.45.